The molecule has 0 bridgehead atoms. The van der Waals surface area contributed by atoms with E-state index in [9.17, 15) is 4.79 Å². The van der Waals surface area contributed by atoms with E-state index >= 15 is 0 Å². The van der Waals surface area contributed by atoms with E-state index in [-0.39, 0.29) is 5.56 Å². The summed E-state index contributed by atoms with van der Waals surface area (Å²) in [7, 11) is 3.18. The number of nitrogens with zero attached hydrogens (tertiary/aromatic N) is 3. The third-order valence-corrected chi connectivity index (χ3v) is 4.62. The lowest BCUT2D eigenvalue weighted by Crippen LogP contribution is -2.17. The van der Waals surface area contributed by atoms with Crippen LogP contribution in [0.3, 0.4) is 0 Å². The minimum atomic E-state index is -0.249. The maximum Gasteiger partial charge on any atom is 0.274 e. The van der Waals surface area contributed by atoms with Gasteiger partial charge in [0.15, 0.2) is 5.82 Å². The minimum absolute atomic E-state index is 0.249. The predicted molar refractivity (Wildman–Crippen MR) is 111 cm³/mol. The molecule has 29 heavy (non-hydrogen) atoms. The molecule has 2 aromatic carbocycles. The number of nitrogens with one attached hydrogen (secondary N) is 2. The number of anilines is 1. The Hall–Kier alpha value is -3.52. The van der Waals surface area contributed by atoms with Crippen LogP contribution >= 0.6 is 11.6 Å². The summed E-state index contributed by atoms with van der Waals surface area (Å²) in [6.07, 6.45) is 0. The van der Waals surface area contributed by atoms with Crippen LogP contribution in [0.1, 0.15) is 5.69 Å². The number of aromatic nitrogens is 4. The van der Waals surface area contributed by atoms with Gasteiger partial charge < -0.3 is 14.8 Å². The normalized spacial score (nSPS) is 10.9. The minimum Gasteiger partial charge on any atom is -0.497 e. The van der Waals surface area contributed by atoms with Crippen LogP contribution in [-0.2, 0) is 6.54 Å². The first kappa shape index (κ1) is 18.8. The molecule has 4 aromatic rings. The summed E-state index contributed by atoms with van der Waals surface area (Å²) in [6, 6.07) is 14.1. The zero-order chi connectivity index (χ0) is 20.4. The predicted octanol–water partition coefficient (Wildman–Crippen LogP) is 3.37. The molecule has 2 heterocycles. The van der Waals surface area contributed by atoms with Crippen LogP contribution in [0.5, 0.6) is 11.5 Å². The van der Waals surface area contributed by atoms with Crippen molar-refractivity contribution in [1.82, 2.24) is 19.6 Å². The molecule has 8 nitrogen and oxygen atoms in total. The first-order valence-corrected chi connectivity index (χ1v) is 9.15. The molecule has 2 aromatic heterocycles. The SMILES string of the molecule is COc1ccc(NCc2cc(=O)n3[nH]c(-c4ccc(Cl)cc4)nc3n2)c(OC)c1. The Morgan fingerprint density at radius 3 is 2.59 bits per heavy atom. The lowest BCUT2D eigenvalue weighted by molar-refractivity contribution is 0.395. The molecule has 2 N–H and O–H groups in total. The Balaban J connectivity index is 1.60. The van der Waals surface area contributed by atoms with Crippen molar-refractivity contribution in [2.24, 2.45) is 0 Å². The number of hydrogen-bond acceptors (Lipinski definition) is 6. The van der Waals surface area contributed by atoms with Crippen LogP contribution in [0.25, 0.3) is 17.2 Å². The molecule has 0 aliphatic carbocycles. The molecule has 0 unspecified atom stereocenters. The summed E-state index contributed by atoms with van der Waals surface area (Å²) in [5, 5.41) is 6.82. The van der Waals surface area contributed by atoms with Gasteiger partial charge in [-0.3, -0.25) is 9.89 Å². The van der Waals surface area contributed by atoms with Gasteiger partial charge in [-0.25, -0.2) is 4.98 Å². The average Bonchev–Trinajstić information content (AvgIpc) is 3.17. The molecule has 0 saturated carbocycles. The van der Waals surface area contributed by atoms with E-state index in [1.807, 2.05) is 24.3 Å². The maximum atomic E-state index is 12.5. The van der Waals surface area contributed by atoms with Gasteiger partial charge in [0, 0.05) is 22.7 Å². The van der Waals surface area contributed by atoms with Crippen molar-refractivity contribution < 1.29 is 9.47 Å². The van der Waals surface area contributed by atoms with Gasteiger partial charge in [-0.05, 0) is 36.4 Å². The molecule has 0 saturated heterocycles. The molecular formula is C20H18ClN5O3. The van der Waals surface area contributed by atoms with E-state index in [1.165, 1.54) is 10.6 Å². The molecule has 9 heteroatoms. The molecule has 4 rings (SSSR count). The fourth-order valence-corrected chi connectivity index (χ4v) is 3.01. The average molecular weight is 412 g/mol. The van der Waals surface area contributed by atoms with Crippen molar-refractivity contribution >= 4 is 23.1 Å². The maximum absolute atomic E-state index is 12.5. The number of H-pyrrole nitrogens is 1. The van der Waals surface area contributed by atoms with Crippen LogP contribution < -0.4 is 20.3 Å². The molecule has 0 spiro atoms. The first-order chi connectivity index (χ1) is 14.1. The Kier molecular flexibility index (Phi) is 5.09. The number of halogens is 1. The fourth-order valence-electron chi connectivity index (χ4n) is 2.89. The number of ether oxygens (including phenoxy) is 2. The number of rotatable bonds is 6. The molecule has 0 atom stereocenters. The number of fused-ring (bicyclic) bond motifs is 1. The zero-order valence-electron chi connectivity index (χ0n) is 15.8. The smallest absolute Gasteiger partial charge is 0.274 e. The first-order valence-electron chi connectivity index (χ1n) is 8.78. The molecule has 0 aliphatic rings. The van der Waals surface area contributed by atoms with Gasteiger partial charge in [0.05, 0.1) is 32.1 Å². The monoisotopic (exact) mass is 411 g/mol. The highest BCUT2D eigenvalue weighted by Gasteiger charge is 2.11. The number of benzene rings is 2. The summed E-state index contributed by atoms with van der Waals surface area (Å²) in [5.41, 5.74) is 1.88. The topological polar surface area (TPSA) is 93.5 Å². The summed E-state index contributed by atoms with van der Waals surface area (Å²) in [6.45, 7) is 0.331. The molecule has 0 amide bonds. The standard InChI is InChI=1S/C20H18ClN5O3/c1-28-15-7-8-16(17(10-15)29-2)22-11-14-9-18(27)26-20(23-14)24-19(25-26)12-3-5-13(21)6-4-12/h3-10,22H,11H2,1-2H3,(H,23,24,25). The molecule has 0 fully saturated rings. The highest BCUT2D eigenvalue weighted by atomic mass is 35.5. The highest BCUT2D eigenvalue weighted by Crippen LogP contribution is 2.29. The van der Waals surface area contributed by atoms with Gasteiger partial charge >= 0.3 is 0 Å². The number of methoxy groups -OCH3 is 2. The van der Waals surface area contributed by atoms with Crippen molar-refractivity contribution in [2.45, 2.75) is 6.54 Å². The van der Waals surface area contributed by atoms with Gasteiger partial charge in [0.25, 0.3) is 11.3 Å². The zero-order valence-corrected chi connectivity index (χ0v) is 16.5. The summed E-state index contributed by atoms with van der Waals surface area (Å²) in [5.74, 6) is 2.15. The lowest BCUT2D eigenvalue weighted by Gasteiger charge is -2.12. The van der Waals surface area contributed by atoms with Crippen LogP contribution in [0.2, 0.25) is 5.02 Å². The van der Waals surface area contributed by atoms with Crippen LogP contribution in [0.4, 0.5) is 5.69 Å². The van der Waals surface area contributed by atoms with Gasteiger partial charge in [0.2, 0.25) is 0 Å². The second-order valence-corrected chi connectivity index (χ2v) is 6.66. The number of aromatic amines is 1. The summed E-state index contributed by atoms with van der Waals surface area (Å²) >= 11 is 5.93. The van der Waals surface area contributed by atoms with E-state index < -0.39 is 0 Å². The quantitative estimate of drug-likeness (QED) is 0.505. The van der Waals surface area contributed by atoms with E-state index in [4.69, 9.17) is 21.1 Å². The van der Waals surface area contributed by atoms with Gasteiger partial charge in [-0.15, -0.1) is 0 Å². The van der Waals surface area contributed by atoms with Crippen molar-refractivity contribution in [3.63, 3.8) is 0 Å². The van der Waals surface area contributed by atoms with E-state index in [0.29, 0.717) is 40.4 Å². The van der Waals surface area contributed by atoms with Crippen molar-refractivity contribution in [2.75, 3.05) is 19.5 Å². The van der Waals surface area contributed by atoms with Crippen LogP contribution in [-0.4, -0.2) is 33.8 Å². The third-order valence-electron chi connectivity index (χ3n) is 4.37. The van der Waals surface area contributed by atoms with Crippen molar-refractivity contribution in [1.29, 1.82) is 0 Å². The van der Waals surface area contributed by atoms with Crippen LogP contribution in [0.15, 0.2) is 53.3 Å². The van der Waals surface area contributed by atoms with Gasteiger partial charge in [0.1, 0.15) is 11.5 Å². The summed E-state index contributed by atoms with van der Waals surface area (Å²) in [4.78, 5) is 21.4. The summed E-state index contributed by atoms with van der Waals surface area (Å²) < 4.78 is 11.9. The Morgan fingerprint density at radius 2 is 1.86 bits per heavy atom. The van der Waals surface area contributed by atoms with Crippen molar-refractivity contribution in [3.05, 3.63) is 69.6 Å². The van der Waals surface area contributed by atoms with Crippen molar-refractivity contribution in [3.8, 4) is 22.9 Å². The molecule has 0 radical (unpaired) electrons. The van der Waals surface area contributed by atoms with Gasteiger partial charge in [-0.1, -0.05) is 11.6 Å². The lowest BCUT2D eigenvalue weighted by atomic mass is 10.2. The van der Waals surface area contributed by atoms with E-state index in [2.05, 4.69) is 20.4 Å². The number of hydrogen-bond donors (Lipinski definition) is 2. The second kappa shape index (κ2) is 7.84. The fraction of sp³-hybridized carbons (Fsp3) is 0.150. The molecular weight excluding hydrogens is 394 g/mol. The third kappa shape index (κ3) is 3.88. The Labute approximate surface area is 171 Å². The Bertz CT molecular complexity index is 1220. The second-order valence-electron chi connectivity index (χ2n) is 6.22. The van der Waals surface area contributed by atoms with E-state index in [0.717, 1.165) is 11.3 Å². The molecule has 148 valence electrons. The Morgan fingerprint density at radius 1 is 1.07 bits per heavy atom. The highest BCUT2D eigenvalue weighted by molar-refractivity contribution is 6.30. The molecule has 0 aliphatic heterocycles. The largest absolute Gasteiger partial charge is 0.497 e. The van der Waals surface area contributed by atoms with Crippen LogP contribution in [0, 0.1) is 0 Å². The van der Waals surface area contributed by atoms with Gasteiger partial charge in [-0.2, -0.15) is 9.50 Å². The van der Waals surface area contributed by atoms with E-state index in [1.54, 1.807) is 32.4 Å².